The van der Waals surface area contributed by atoms with Gasteiger partial charge < -0.3 is 20.4 Å². The molecule has 3 N–H and O–H groups in total. The van der Waals surface area contributed by atoms with Crippen LogP contribution in [0.1, 0.15) is 13.3 Å². The average Bonchev–Trinajstić information content (AvgIpc) is 3.06. The van der Waals surface area contributed by atoms with Crippen molar-refractivity contribution in [1.29, 1.82) is 0 Å². The molecule has 120 valence electrons. The van der Waals surface area contributed by atoms with Crippen LogP contribution in [0.5, 0.6) is 0 Å². The first-order valence-electron chi connectivity index (χ1n) is 7.62. The Morgan fingerprint density at radius 1 is 1.26 bits per heavy atom. The van der Waals surface area contributed by atoms with E-state index in [1.54, 1.807) is 18.4 Å². The third kappa shape index (κ3) is 3.53. The van der Waals surface area contributed by atoms with Crippen molar-refractivity contribution in [2.24, 2.45) is 5.92 Å². The van der Waals surface area contributed by atoms with Crippen molar-refractivity contribution < 1.29 is 14.0 Å². The van der Waals surface area contributed by atoms with Crippen LogP contribution in [0.4, 0.5) is 10.5 Å². The molecule has 1 saturated heterocycles. The summed E-state index contributed by atoms with van der Waals surface area (Å²) in [6, 6.07) is 10.1. The van der Waals surface area contributed by atoms with Gasteiger partial charge in [0.2, 0.25) is 5.91 Å². The van der Waals surface area contributed by atoms with Gasteiger partial charge in [0.15, 0.2) is 0 Å². The number of anilines is 1. The summed E-state index contributed by atoms with van der Waals surface area (Å²) in [7, 11) is 0. The lowest BCUT2D eigenvalue weighted by Gasteiger charge is -2.28. The van der Waals surface area contributed by atoms with Crippen LogP contribution in [0.25, 0.3) is 11.3 Å². The van der Waals surface area contributed by atoms with Crippen molar-refractivity contribution in [3.05, 3.63) is 42.7 Å². The molecule has 2 heterocycles. The van der Waals surface area contributed by atoms with E-state index in [0.717, 1.165) is 17.7 Å². The molecule has 0 aliphatic carbocycles. The number of hydrogen-bond donors (Lipinski definition) is 3. The smallest absolute Gasteiger partial charge is 0.319 e. The van der Waals surface area contributed by atoms with Crippen molar-refractivity contribution >= 4 is 17.6 Å². The summed E-state index contributed by atoms with van der Waals surface area (Å²) in [5.74, 6) is 0.761. The van der Waals surface area contributed by atoms with E-state index in [0.29, 0.717) is 12.2 Å². The fraction of sp³-hybridized carbons (Fsp3) is 0.294. The molecular formula is C17H19N3O3. The minimum atomic E-state index is -0.494. The van der Waals surface area contributed by atoms with Crippen LogP contribution in [0.3, 0.4) is 0 Å². The molecule has 0 unspecified atom stereocenters. The Labute approximate surface area is 134 Å². The molecular weight excluding hydrogens is 294 g/mol. The van der Waals surface area contributed by atoms with E-state index < -0.39 is 6.04 Å². The number of urea groups is 1. The molecule has 6 heteroatoms. The van der Waals surface area contributed by atoms with Crippen molar-refractivity contribution in [3.8, 4) is 11.3 Å². The maximum absolute atomic E-state index is 12.1. The van der Waals surface area contributed by atoms with Gasteiger partial charge in [-0.2, -0.15) is 0 Å². The maximum atomic E-state index is 12.1. The van der Waals surface area contributed by atoms with Gasteiger partial charge in [-0.1, -0.05) is 6.92 Å². The molecule has 2 aromatic rings. The molecule has 23 heavy (non-hydrogen) atoms. The topological polar surface area (TPSA) is 83.4 Å². The fourth-order valence-corrected chi connectivity index (χ4v) is 2.63. The average molecular weight is 313 g/mol. The summed E-state index contributed by atoms with van der Waals surface area (Å²) in [4.78, 5) is 23.9. The molecule has 0 radical (unpaired) electrons. The standard InChI is InChI=1S/C17H19N3O3/c1-11-8-9-18-16(21)15(11)20-17(22)19-13-6-4-12(5-7-13)14-3-2-10-23-14/h2-7,10-11,15H,8-9H2,1H3,(H,18,21)(H2,19,20,22)/t11-,15-/m0/s1. The fourth-order valence-electron chi connectivity index (χ4n) is 2.63. The van der Waals surface area contributed by atoms with E-state index in [-0.39, 0.29) is 17.9 Å². The van der Waals surface area contributed by atoms with Gasteiger partial charge >= 0.3 is 6.03 Å². The number of furan rings is 1. The minimum Gasteiger partial charge on any atom is -0.464 e. The zero-order chi connectivity index (χ0) is 16.2. The van der Waals surface area contributed by atoms with Gasteiger partial charge in [-0.15, -0.1) is 0 Å². The SMILES string of the molecule is C[C@H]1CCNC(=O)[C@H]1NC(=O)Nc1ccc(-c2ccco2)cc1. The molecule has 0 spiro atoms. The van der Waals surface area contributed by atoms with Crippen LogP contribution in [0.2, 0.25) is 0 Å². The van der Waals surface area contributed by atoms with Gasteiger partial charge in [0.25, 0.3) is 0 Å². The van der Waals surface area contributed by atoms with E-state index in [4.69, 9.17) is 4.42 Å². The number of carbonyl (C=O) groups excluding carboxylic acids is 2. The Morgan fingerprint density at radius 3 is 2.70 bits per heavy atom. The van der Waals surface area contributed by atoms with Crippen LogP contribution in [0.15, 0.2) is 47.1 Å². The highest BCUT2D eigenvalue weighted by Gasteiger charge is 2.29. The van der Waals surface area contributed by atoms with Crippen molar-refractivity contribution in [3.63, 3.8) is 0 Å². The second-order valence-electron chi connectivity index (χ2n) is 5.69. The number of amides is 3. The molecule has 1 aliphatic heterocycles. The molecule has 0 bridgehead atoms. The molecule has 1 fully saturated rings. The minimum absolute atomic E-state index is 0.121. The summed E-state index contributed by atoms with van der Waals surface area (Å²) in [6.45, 7) is 2.62. The van der Waals surface area contributed by atoms with E-state index >= 15 is 0 Å². The Kier molecular flexibility index (Phi) is 4.32. The van der Waals surface area contributed by atoms with Crippen molar-refractivity contribution in [2.75, 3.05) is 11.9 Å². The third-order valence-corrected chi connectivity index (χ3v) is 3.99. The van der Waals surface area contributed by atoms with Crippen molar-refractivity contribution in [2.45, 2.75) is 19.4 Å². The second-order valence-corrected chi connectivity index (χ2v) is 5.69. The van der Waals surface area contributed by atoms with E-state index in [2.05, 4.69) is 16.0 Å². The lowest BCUT2D eigenvalue weighted by atomic mass is 9.94. The molecule has 6 nitrogen and oxygen atoms in total. The highest BCUT2D eigenvalue weighted by atomic mass is 16.3. The van der Waals surface area contributed by atoms with E-state index in [1.165, 1.54) is 0 Å². The Morgan fingerprint density at radius 2 is 2.04 bits per heavy atom. The lowest BCUT2D eigenvalue weighted by Crippen LogP contribution is -2.55. The van der Waals surface area contributed by atoms with E-state index in [1.807, 2.05) is 31.2 Å². The highest BCUT2D eigenvalue weighted by molar-refractivity contribution is 5.94. The first kappa shape index (κ1) is 15.1. The summed E-state index contributed by atoms with van der Waals surface area (Å²) in [5, 5.41) is 8.23. The maximum Gasteiger partial charge on any atom is 0.319 e. The number of carbonyl (C=O) groups is 2. The summed E-state index contributed by atoms with van der Waals surface area (Å²) >= 11 is 0. The van der Waals surface area contributed by atoms with Crippen LogP contribution in [0, 0.1) is 5.92 Å². The number of piperidine rings is 1. The van der Waals surface area contributed by atoms with Crippen LogP contribution in [-0.2, 0) is 4.79 Å². The van der Waals surface area contributed by atoms with E-state index in [9.17, 15) is 9.59 Å². The first-order valence-corrected chi connectivity index (χ1v) is 7.62. The number of hydrogen-bond acceptors (Lipinski definition) is 3. The number of rotatable bonds is 3. The Balaban J connectivity index is 1.60. The third-order valence-electron chi connectivity index (χ3n) is 3.99. The zero-order valence-electron chi connectivity index (χ0n) is 12.8. The van der Waals surface area contributed by atoms with Crippen LogP contribution < -0.4 is 16.0 Å². The quantitative estimate of drug-likeness (QED) is 0.814. The van der Waals surface area contributed by atoms with Gasteiger partial charge in [0.05, 0.1) is 6.26 Å². The predicted molar refractivity (Wildman–Crippen MR) is 86.9 cm³/mol. The van der Waals surface area contributed by atoms with Crippen LogP contribution >= 0.6 is 0 Å². The van der Waals surface area contributed by atoms with Gasteiger partial charge in [0, 0.05) is 17.8 Å². The first-order chi connectivity index (χ1) is 11.1. The van der Waals surface area contributed by atoms with Crippen molar-refractivity contribution in [1.82, 2.24) is 10.6 Å². The van der Waals surface area contributed by atoms with Gasteiger partial charge in [-0.05, 0) is 48.7 Å². The largest absolute Gasteiger partial charge is 0.464 e. The molecule has 1 aromatic carbocycles. The Bertz CT molecular complexity index is 680. The molecule has 3 amide bonds. The van der Waals surface area contributed by atoms with Gasteiger partial charge in [-0.25, -0.2) is 4.79 Å². The lowest BCUT2D eigenvalue weighted by molar-refractivity contribution is -0.125. The normalized spacial score (nSPS) is 20.7. The Hall–Kier alpha value is -2.76. The number of nitrogens with one attached hydrogen (secondary N) is 3. The molecule has 1 aliphatic rings. The molecule has 1 aromatic heterocycles. The monoisotopic (exact) mass is 313 g/mol. The predicted octanol–water partition coefficient (Wildman–Crippen LogP) is 2.59. The summed E-state index contributed by atoms with van der Waals surface area (Å²) in [5.41, 5.74) is 1.59. The summed E-state index contributed by atoms with van der Waals surface area (Å²) < 4.78 is 5.32. The van der Waals surface area contributed by atoms with Crippen LogP contribution in [-0.4, -0.2) is 24.5 Å². The molecule has 0 saturated carbocycles. The zero-order valence-corrected chi connectivity index (χ0v) is 12.8. The molecule has 2 atom stereocenters. The highest BCUT2D eigenvalue weighted by Crippen LogP contribution is 2.21. The summed E-state index contributed by atoms with van der Waals surface area (Å²) in [6.07, 6.45) is 2.47. The molecule has 3 rings (SSSR count). The van der Waals surface area contributed by atoms with Gasteiger partial charge in [0.1, 0.15) is 11.8 Å². The second kappa shape index (κ2) is 6.56. The number of benzene rings is 1. The van der Waals surface area contributed by atoms with Gasteiger partial charge in [-0.3, -0.25) is 4.79 Å².